The fraction of sp³-hybridized carbons (Fsp3) is 1.00. The van der Waals surface area contributed by atoms with Gasteiger partial charge in [0.1, 0.15) is 0 Å². The maximum absolute atomic E-state index is 5.70. The van der Waals surface area contributed by atoms with Gasteiger partial charge in [-0.2, -0.15) is 0 Å². The molecule has 1 unspecified atom stereocenters. The van der Waals surface area contributed by atoms with Gasteiger partial charge in [0, 0.05) is 11.4 Å². The Morgan fingerprint density at radius 3 is 2.36 bits per heavy atom. The van der Waals surface area contributed by atoms with Gasteiger partial charge in [-0.3, -0.25) is 0 Å². The van der Waals surface area contributed by atoms with Crippen LogP contribution in [-0.4, -0.2) is 18.0 Å². The van der Waals surface area contributed by atoms with Crippen molar-refractivity contribution in [2.24, 2.45) is 0 Å². The minimum absolute atomic E-state index is 0.262. The largest absolute Gasteiger partial charge is 0.311 e. The third-order valence-corrected chi connectivity index (χ3v) is 2.42. The fourth-order valence-electron chi connectivity index (χ4n) is 1.03. The van der Waals surface area contributed by atoms with Crippen molar-refractivity contribution >= 4 is 11.6 Å². The highest BCUT2D eigenvalue weighted by atomic mass is 35.5. The van der Waals surface area contributed by atoms with Gasteiger partial charge < -0.3 is 5.32 Å². The topological polar surface area (TPSA) is 12.0 Å². The van der Waals surface area contributed by atoms with E-state index in [9.17, 15) is 0 Å². The first-order valence-electron chi connectivity index (χ1n) is 4.49. The van der Waals surface area contributed by atoms with Crippen molar-refractivity contribution in [3.63, 3.8) is 0 Å². The molecule has 0 saturated heterocycles. The van der Waals surface area contributed by atoms with Gasteiger partial charge in [0.05, 0.1) is 0 Å². The molecule has 0 bridgehead atoms. The van der Waals surface area contributed by atoms with Gasteiger partial charge in [0.2, 0.25) is 0 Å². The number of hydrogen-bond donors (Lipinski definition) is 1. The first-order valence-corrected chi connectivity index (χ1v) is 5.03. The maximum Gasteiger partial charge on any atom is 0.0240 e. The molecule has 0 rings (SSSR count). The number of hydrogen-bond acceptors (Lipinski definition) is 1. The first kappa shape index (κ1) is 11.2. The summed E-state index contributed by atoms with van der Waals surface area (Å²) in [6, 6.07) is 0. The van der Waals surface area contributed by atoms with Crippen molar-refractivity contribution in [1.29, 1.82) is 0 Å². The molecule has 0 aromatic rings. The lowest BCUT2D eigenvalue weighted by Gasteiger charge is -2.28. The number of nitrogens with one attached hydrogen (secondary N) is 1. The van der Waals surface area contributed by atoms with Crippen LogP contribution >= 0.6 is 11.6 Å². The number of rotatable bonds is 6. The Morgan fingerprint density at radius 1 is 1.36 bits per heavy atom. The summed E-state index contributed by atoms with van der Waals surface area (Å²) in [6.45, 7) is 7.73. The van der Waals surface area contributed by atoms with E-state index in [0.717, 1.165) is 25.3 Å². The molecule has 0 aromatic carbocycles. The van der Waals surface area contributed by atoms with E-state index in [2.05, 4.69) is 26.1 Å². The van der Waals surface area contributed by atoms with E-state index in [4.69, 9.17) is 11.6 Å². The molecule has 1 N–H and O–H groups in total. The van der Waals surface area contributed by atoms with Crippen LogP contribution in [-0.2, 0) is 0 Å². The molecule has 0 radical (unpaired) electrons. The molecule has 0 saturated carbocycles. The molecule has 68 valence electrons. The number of alkyl halides is 1. The fourth-order valence-corrected chi connectivity index (χ4v) is 1.44. The highest BCUT2D eigenvalue weighted by Crippen LogP contribution is 2.14. The summed E-state index contributed by atoms with van der Waals surface area (Å²) in [5, 5.41) is 3.51. The lowest BCUT2D eigenvalue weighted by atomic mass is 9.95. The Balaban J connectivity index is 3.68. The summed E-state index contributed by atoms with van der Waals surface area (Å²) in [5.74, 6) is 0.751. The second-order valence-electron chi connectivity index (χ2n) is 3.28. The SMILES string of the molecule is CCCNC(C)(CC)CCCl. The average molecular weight is 178 g/mol. The molecule has 0 amide bonds. The summed E-state index contributed by atoms with van der Waals surface area (Å²) in [6.07, 6.45) is 3.41. The Bertz CT molecular complexity index is 95.6. The van der Waals surface area contributed by atoms with Crippen LogP contribution in [0.25, 0.3) is 0 Å². The maximum atomic E-state index is 5.70. The second-order valence-corrected chi connectivity index (χ2v) is 3.66. The summed E-state index contributed by atoms with van der Waals surface area (Å²) in [7, 11) is 0. The molecule has 0 aromatic heterocycles. The summed E-state index contributed by atoms with van der Waals surface area (Å²) in [5.41, 5.74) is 0.262. The van der Waals surface area contributed by atoms with Crippen molar-refractivity contribution in [3.8, 4) is 0 Å². The van der Waals surface area contributed by atoms with E-state index < -0.39 is 0 Å². The molecular weight excluding hydrogens is 158 g/mol. The highest BCUT2D eigenvalue weighted by molar-refractivity contribution is 6.17. The van der Waals surface area contributed by atoms with E-state index in [-0.39, 0.29) is 5.54 Å². The molecule has 11 heavy (non-hydrogen) atoms. The Morgan fingerprint density at radius 2 is 2.00 bits per heavy atom. The van der Waals surface area contributed by atoms with Crippen molar-refractivity contribution in [3.05, 3.63) is 0 Å². The Labute approximate surface area is 75.5 Å². The zero-order chi connectivity index (χ0) is 8.74. The third kappa shape index (κ3) is 4.65. The predicted molar refractivity (Wildman–Crippen MR) is 52.3 cm³/mol. The molecule has 0 aliphatic rings. The van der Waals surface area contributed by atoms with Crippen molar-refractivity contribution in [2.45, 2.75) is 45.6 Å². The zero-order valence-corrected chi connectivity index (χ0v) is 8.67. The van der Waals surface area contributed by atoms with Gasteiger partial charge in [0.15, 0.2) is 0 Å². The van der Waals surface area contributed by atoms with E-state index in [1.165, 1.54) is 6.42 Å². The van der Waals surface area contributed by atoms with Crippen LogP contribution in [0.5, 0.6) is 0 Å². The van der Waals surface area contributed by atoms with Crippen LogP contribution < -0.4 is 5.32 Å². The summed E-state index contributed by atoms with van der Waals surface area (Å²) < 4.78 is 0. The molecule has 0 heterocycles. The first-order chi connectivity index (χ1) is 5.18. The summed E-state index contributed by atoms with van der Waals surface area (Å²) in [4.78, 5) is 0. The minimum Gasteiger partial charge on any atom is -0.311 e. The zero-order valence-electron chi connectivity index (χ0n) is 7.91. The average Bonchev–Trinajstić information content (AvgIpc) is 2.02. The van der Waals surface area contributed by atoms with Crippen molar-refractivity contribution in [2.75, 3.05) is 12.4 Å². The van der Waals surface area contributed by atoms with Crippen LogP contribution in [0.3, 0.4) is 0 Å². The highest BCUT2D eigenvalue weighted by Gasteiger charge is 2.18. The molecule has 0 fully saturated rings. The quantitative estimate of drug-likeness (QED) is 0.616. The van der Waals surface area contributed by atoms with Crippen LogP contribution in [0.1, 0.15) is 40.0 Å². The summed E-state index contributed by atoms with van der Waals surface area (Å²) >= 11 is 5.70. The third-order valence-electron chi connectivity index (χ3n) is 2.23. The van der Waals surface area contributed by atoms with Gasteiger partial charge in [-0.1, -0.05) is 13.8 Å². The Kier molecular flexibility index (Phi) is 5.98. The van der Waals surface area contributed by atoms with Crippen LogP contribution in [0.15, 0.2) is 0 Å². The molecule has 0 spiro atoms. The lowest BCUT2D eigenvalue weighted by molar-refractivity contribution is 0.334. The van der Waals surface area contributed by atoms with Gasteiger partial charge in [-0.15, -0.1) is 11.6 Å². The van der Waals surface area contributed by atoms with Gasteiger partial charge in [-0.25, -0.2) is 0 Å². The standard InChI is InChI=1S/C9H20ClN/c1-4-8-11-9(3,5-2)6-7-10/h11H,4-8H2,1-3H3. The van der Waals surface area contributed by atoms with Gasteiger partial charge >= 0.3 is 0 Å². The molecule has 1 atom stereocenters. The van der Waals surface area contributed by atoms with E-state index in [1.807, 2.05) is 0 Å². The molecule has 0 aliphatic carbocycles. The van der Waals surface area contributed by atoms with E-state index in [1.54, 1.807) is 0 Å². The van der Waals surface area contributed by atoms with Crippen molar-refractivity contribution in [1.82, 2.24) is 5.32 Å². The van der Waals surface area contributed by atoms with Gasteiger partial charge in [0.25, 0.3) is 0 Å². The monoisotopic (exact) mass is 177 g/mol. The van der Waals surface area contributed by atoms with Gasteiger partial charge in [-0.05, 0) is 32.7 Å². The number of halogens is 1. The predicted octanol–water partition coefficient (Wildman–Crippen LogP) is 2.78. The lowest BCUT2D eigenvalue weighted by Crippen LogP contribution is -2.42. The second kappa shape index (κ2) is 5.84. The van der Waals surface area contributed by atoms with Crippen LogP contribution in [0.4, 0.5) is 0 Å². The molecular formula is C9H20ClN. The van der Waals surface area contributed by atoms with E-state index in [0.29, 0.717) is 0 Å². The Hall–Kier alpha value is 0.250. The smallest absolute Gasteiger partial charge is 0.0240 e. The van der Waals surface area contributed by atoms with E-state index >= 15 is 0 Å². The van der Waals surface area contributed by atoms with Crippen LogP contribution in [0.2, 0.25) is 0 Å². The molecule has 1 nitrogen and oxygen atoms in total. The minimum atomic E-state index is 0.262. The van der Waals surface area contributed by atoms with Crippen LogP contribution in [0, 0.1) is 0 Å². The normalized spacial score (nSPS) is 16.4. The molecule has 0 aliphatic heterocycles. The molecule has 2 heteroatoms. The van der Waals surface area contributed by atoms with Crippen molar-refractivity contribution < 1.29 is 0 Å².